The number of hydrogen-bond donors (Lipinski definition) is 2. The maximum Gasteiger partial charge on any atom is 0.278 e. The number of rotatable bonds is 6. The van der Waals surface area contributed by atoms with E-state index in [0.717, 1.165) is 16.7 Å². The molecule has 0 unspecified atom stereocenters. The second-order valence-electron chi connectivity index (χ2n) is 8.59. The van der Waals surface area contributed by atoms with Crippen molar-refractivity contribution in [2.45, 2.75) is 40.7 Å². The van der Waals surface area contributed by atoms with Crippen LogP contribution in [0.4, 0.5) is 11.4 Å². The SMILES string of the molecule is CCC(=O)Nc1ccc(C)cc1-c1nc2ccccc2n(CC(=O)Nc2cccc(C)c2C)c1=O. The summed E-state index contributed by atoms with van der Waals surface area (Å²) in [6, 6.07) is 18.4. The van der Waals surface area contributed by atoms with Crippen LogP contribution >= 0.6 is 0 Å². The standard InChI is InChI=1S/C28H28N4O3/c1-5-25(33)30-22-14-13-17(2)15-20(22)27-28(35)32(24-12-7-6-10-23(24)31-27)16-26(34)29-21-11-8-9-18(3)19(21)4/h6-15H,5,16H2,1-4H3,(H,29,34)(H,30,33). The molecule has 3 aromatic carbocycles. The lowest BCUT2D eigenvalue weighted by molar-refractivity contribution is -0.117. The van der Waals surface area contributed by atoms with Crippen molar-refractivity contribution in [1.29, 1.82) is 0 Å². The highest BCUT2D eigenvalue weighted by molar-refractivity contribution is 5.96. The molecule has 4 rings (SSSR count). The molecular formula is C28H28N4O3. The normalized spacial score (nSPS) is 10.9. The number of carbonyl (C=O) groups excluding carboxylic acids is 2. The number of carbonyl (C=O) groups is 2. The van der Waals surface area contributed by atoms with Gasteiger partial charge in [-0.3, -0.25) is 19.0 Å². The van der Waals surface area contributed by atoms with Crippen LogP contribution in [0.15, 0.2) is 65.5 Å². The van der Waals surface area contributed by atoms with E-state index in [1.54, 1.807) is 25.1 Å². The number of amides is 2. The van der Waals surface area contributed by atoms with E-state index < -0.39 is 5.56 Å². The van der Waals surface area contributed by atoms with Gasteiger partial charge in [0.15, 0.2) is 0 Å². The zero-order valence-electron chi connectivity index (χ0n) is 20.3. The number of nitrogens with zero attached hydrogens (tertiary/aromatic N) is 2. The van der Waals surface area contributed by atoms with Crippen LogP contribution in [-0.2, 0) is 16.1 Å². The smallest absolute Gasteiger partial charge is 0.278 e. The summed E-state index contributed by atoms with van der Waals surface area (Å²) in [6.07, 6.45) is 0.307. The molecular weight excluding hydrogens is 440 g/mol. The Kier molecular flexibility index (Phi) is 6.78. The van der Waals surface area contributed by atoms with Gasteiger partial charge in [-0.05, 0) is 62.2 Å². The molecule has 1 heterocycles. The van der Waals surface area contributed by atoms with Crippen LogP contribution in [0.3, 0.4) is 0 Å². The Hall–Kier alpha value is -4.26. The second-order valence-corrected chi connectivity index (χ2v) is 8.59. The Balaban J connectivity index is 1.82. The van der Waals surface area contributed by atoms with Gasteiger partial charge < -0.3 is 10.6 Å². The fraction of sp³-hybridized carbons (Fsp3) is 0.214. The molecule has 0 atom stereocenters. The number of anilines is 2. The Morgan fingerprint density at radius 2 is 1.63 bits per heavy atom. The molecule has 0 radical (unpaired) electrons. The summed E-state index contributed by atoms with van der Waals surface area (Å²) in [5.74, 6) is -0.476. The number of nitrogens with one attached hydrogen (secondary N) is 2. The number of benzene rings is 3. The first-order valence-electron chi connectivity index (χ1n) is 11.5. The topological polar surface area (TPSA) is 93.1 Å². The molecule has 7 nitrogen and oxygen atoms in total. The summed E-state index contributed by atoms with van der Waals surface area (Å²) in [5.41, 5.74) is 5.62. The summed E-state index contributed by atoms with van der Waals surface area (Å²) in [4.78, 5) is 43.5. The van der Waals surface area contributed by atoms with Gasteiger partial charge in [0.2, 0.25) is 11.8 Å². The van der Waals surface area contributed by atoms with E-state index in [-0.39, 0.29) is 24.1 Å². The summed E-state index contributed by atoms with van der Waals surface area (Å²) in [7, 11) is 0. The molecule has 2 N–H and O–H groups in total. The molecule has 0 fully saturated rings. The third-order valence-corrected chi connectivity index (χ3v) is 6.06. The van der Waals surface area contributed by atoms with Crippen molar-refractivity contribution >= 4 is 34.2 Å². The summed E-state index contributed by atoms with van der Waals surface area (Å²) < 4.78 is 1.44. The Labute approximate surface area is 203 Å². The average Bonchev–Trinajstić information content (AvgIpc) is 2.84. The lowest BCUT2D eigenvalue weighted by Gasteiger charge is -2.16. The van der Waals surface area contributed by atoms with E-state index in [2.05, 4.69) is 15.6 Å². The van der Waals surface area contributed by atoms with Crippen molar-refractivity contribution in [3.05, 3.63) is 87.7 Å². The van der Waals surface area contributed by atoms with Crippen molar-refractivity contribution in [3.63, 3.8) is 0 Å². The Bertz CT molecular complexity index is 1500. The third-order valence-electron chi connectivity index (χ3n) is 6.06. The quantitative estimate of drug-likeness (QED) is 0.418. The minimum atomic E-state index is -0.405. The van der Waals surface area contributed by atoms with Crippen molar-refractivity contribution in [2.75, 3.05) is 10.6 Å². The molecule has 0 aliphatic heterocycles. The van der Waals surface area contributed by atoms with Gasteiger partial charge in [-0.15, -0.1) is 0 Å². The van der Waals surface area contributed by atoms with Gasteiger partial charge in [0.25, 0.3) is 5.56 Å². The first-order valence-corrected chi connectivity index (χ1v) is 11.5. The van der Waals surface area contributed by atoms with E-state index in [0.29, 0.717) is 34.4 Å². The molecule has 2 amide bonds. The molecule has 35 heavy (non-hydrogen) atoms. The lowest BCUT2D eigenvalue weighted by atomic mass is 10.1. The summed E-state index contributed by atoms with van der Waals surface area (Å²) in [6.45, 7) is 7.42. The van der Waals surface area contributed by atoms with Crippen LogP contribution < -0.4 is 16.2 Å². The highest BCUT2D eigenvalue weighted by atomic mass is 16.2. The number of para-hydroxylation sites is 2. The maximum absolute atomic E-state index is 13.7. The van der Waals surface area contributed by atoms with E-state index in [9.17, 15) is 14.4 Å². The number of hydrogen-bond acceptors (Lipinski definition) is 4. The van der Waals surface area contributed by atoms with Crippen LogP contribution in [-0.4, -0.2) is 21.4 Å². The molecule has 0 aliphatic carbocycles. The molecule has 0 saturated heterocycles. The van der Waals surface area contributed by atoms with Crippen molar-refractivity contribution in [3.8, 4) is 11.3 Å². The van der Waals surface area contributed by atoms with Crippen LogP contribution in [0.1, 0.15) is 30.0 Å². The van der Waals surface area contributed by atoms with Crippen LogP contribution in [0.5, 0.6) is 0 Å². The number of fused-ring (bicyclic) bond motifs is 1. The minimum Gasteiger partial charge on any atom is -0.325 e. The van der Waals surface area contributed by atoms with Gasteiger partial charge in [0.1, 0.15) is 12.2 Å². The predicted molar refractivity (Wildman–Crippen MR) is 140 cm³/mol. The molecule has 0 saturated carbocycles. The monoisotopic (exact) mass is 468 g/mol. The van der Waals surface area contributed by atoms with Gasteiger partial charge in [0, 0.05) is 17.7 Å². The van der Waals surface area contributed by atoms with Gasteiger partial charge in [0.05, 0.1) is 16.7 Å². The van der Waals surface area contributed by atoms with E-state index in [1.807, 2.05) is 63.2 Å². The predicted octanol–water partition coefficient (Wildman–Crippen LogP) is 4.98. The molecule has 0 aliphatic rings. The van der Waals surface area contributed by atoms with Gasteiger partial charge >= 0.3 is 0 Å². The first kappa shape index (κ1) is 23.9. The zero-order chi connectivity index (χ0) is 25.1. The first-order chi connectivity index (χ1) is 16.8. The Morgan fingerprint density at radius 3 is 2.40 bits per heavy atom. The second kappa shape index (κ2) is 9.93. The minimum absolute atomic E-state index is 0.163. The van der Waals surface area contributed by atoms with Crippen molar-refractivity contribution in [2.24, 2.45) is 0 Å². The van der Waals surface area contributed by atoms with Gasteiger partial charge in [-0.2, -0.15) is 0 Å². The van der Waals surface area contributed by atoms with E-state index in [1.165, 1.54) is 4.57 Å². The van der Waals surface area contributed by atoms with Gasteiger partial charge in [-0.25, -0.2) is 4.98 Å². The molecule has 178 valence electrons. The molecule has 4 aromatic rings. The number of aromatic nitrogens is 2. The summed E-state index contributed by atoms with van der Waals surface area (Å²) >= 11 is 0. The van der Waals surface area contributed by atoms with E-state index in [4.69, 9.17) is 0 Å². The zero-order valence-corrected chi connectivity index (χ0v) is 20.3. The fourth-order valence-corrected chi connectivity index (χ4v) is 3.95. The van der Waals surface area contributed by atoms with Crippen LogP contribution in [0, 0.1) is 20.8 Å². The molecule has 0 spiro atoms. The fourth-order valence-electron chi connectivity index (χ4n) is 3.95. The molecule has 7 heteroatoms. The highest BCUT2D eigenvalue weighted by Gasteiger charge is 2.19. The van der Waals surface area contributed by atoms with Crippen molar-refractivity contribution in [1.82, 2.24) is 9.55 Å². The van der Waals surface area contributed by atoms with E-state index >= 15 is 0 Å². The Morgan fingerprint density at radius 1 is 0.886 bits per heavy atom. The lowest BCUT2D eigenvalue weighted by Crippen LogP contribution is -2.30. The number of aryl methyl sites for hydroxylation is 2. The summed E-state index contributed by atoms with van der Waals surface area (Å²) in [5, 5.41) is 5.79. The third kappa shape index (κ3) is 4.99. The average molecular weight is 469 g/mol. The molecule has 1 aromatic heterocycles. The highest BCUT2D eigenvalue weighted by Crippen LogP contribution is 2.27. The van der Waals surface area contributed by atoms with Gasteiger partial charge in [-0.1, -0.05) is 42.8 Å². The molecule has 0 bridgehead atoms. The van der Waals surface area contributed by atoms with Crippen LogP contribution in [0.25, 0.3) is 22.3 Å². The van der Waals surface area contributed by atoms with Crippen molar-refractivity contribution < 1.29 is 9.59 Å². The maximum atomic E-state index is 13.7. The largest absolute Gasteiger partial charge is 0.325 e. The van der Waals surface area contributed by atoms with Crippen LogP contribution in [0.2, 0.25) is 0 Å².